The molecule has 1 aromatic carbocycles. The molecule has 0 saturated carbocycles. The van der Waals surface area contributed by atoms with Crippen LogP contribution in [0, 0.1) is 0 Å². The molecular formula is C24H30ClN3O4. The first-order valence-electron chi connectivity index (χ1n) is 11.5. The minimum absolute atomic E-state index is 0.137. The van der Waals surface area contributed by atoms with Gasteiger partial charge in [0.15, 0.2) is 0 Å². The summed E-state index contributed by atoms with van der Waals surface area (Å²) in [6, 6.07) is 6.01. The maximum absolute atomic E-state index is 12.4. The minimum Gasteiger partial charge on any atom is -0.389 e. The van der Waals surface area contributed by atoms with E-state index in [1.165, 1.54) is 0 Å². The molecule has 3 atom stereocenters. The molecule has 7 nitrogen and oxygen atoms in total. The number of ether oxygens (including phenoxy) is 2. The summed E-state index contributed by atoms with van der Waals surface area (Å²) < 4.78 is 11.0. The molecule has 5 rings (SSSR count). The van der Waals surface area contributed by atoms with Crippen molar-refractivity contribution in [3.63, 3.8) is 0 Å². The van der Waals surface area contributed by atoms with Gasteiger partial charge in [0, 0.05) is 23.2 Å². The molecule has 2 aromatic rings. The fraction of sp³-hybridized carbons (Fsp3) is 0.583. The Hall–Kier alpha value is -1.77. The highest BCUT2D eigenvalue weighted by Crippen LogP contribution is 2.38. The normalized spacial score (nSPS) is 29.6. The van der Waals surface area contributed by atoms with Crippen LogP contribution in [0.15, 0.2) is 24.4 Å². The van der Waals surface area contributed by atoms with Crippen molar-refractivity contribution in [2.24, 2.45) is 0 Å². The molecule has 0 unspecified atom stereocenters. The summed E-state index contributed by atoms with van der Waals surface area (Å²) in [5, 5.41) is 16.0. The van der Waals surface area contributed by atoms with Crippen LogP contribution in [0.3, 0.4) is 0 Å². The molecule has 1 aromatic heterocycles. The van der Waals surface area contributed by atoms with Gasteiger partial charge in [0.2, 0.25) is 0 Å². The van der Waals surface area contributed by atoms with Gasteiger partial charge < -0.3 is 19.9 Å². The molecule has 32 heavy (non-hydrogen) atoms. The van der Waals surface area contributed by atoms with Crippen LogP contribution in [-0.4, -0.2) is 71.6 Å². The van der Waals surface area contributed by atoms with Gasteiger partial charge in [-0.1, -0.05) is 11.6 Å². The van der Waals surface area contributed by atoms with E-state index in [9.17, 15) is 9.90 Å². The largest absolute Gasteiger partial charge is 0.389 e. The summed E-state index contributed by atoms with van der Waals surface area (Å²) in [5.41, 5.74) is 0.828. The van der Waals surface area contributed by atoms with Gasteiger partial charge in [-0.05, 0) is 80.8 Å². The average Bonchev–Trinajstić information content (AvgIpc) is 3.45. The number of aliphatic hydroxyl groups is 1. The van der Waals surface area contributed by atoms with Gasteiger partial charge in [-0.25, -0.2) is 4.98 Å². The number of fused-ring (bicyclic) bond motifs is 1. The topological polar surface area (TPSA) is 83.9 Å². The Kier molecular flexibility index (Phi) is 6.11. The zero-order valence-electron chi connectivity index (χ0n) is 18.3. The Balaban J connectivity index is 1.31. The van der Waals surface area contributed by atoms with Gasteiger partial charge in [-0.15, -0.1) is 0 Å². The molecule has 1 amide bonds. The number of nitrogens with zero attached hydrogens (tertiary/aromatic N) is 2. The monoisotopic (exact) mass is 459 g/mol. The fourth-order valence-corrected chi connectivity index (χ4v) is 5.54. The molecule has 3 aliphatic rings. The third-order valence-corrected chi connectivity index (χ3v) is 7.68. The molecule has 3 fully saturated rings. The van der Waals surface area contributed by atoms with E-state index in [0.29, 0.717) is 31.6 Å². The number of halogens is 1. The second kappa shape index (κ2) is 8.88. The van der Waals surface area contributed by atoms with Crippen molar-refractivity contribution in [2.45, 2.75) is 56.3 Å². The second-order valence-corrected chi connectivity index (χ2v) is 9.84. The Morgan fingerprint density at radius 2 is 2.06 bits per heavy atom. The number of hydrogen-bond donors (Lipinski definition) is 2. The first kappa shape index (κ1) is 22.0. The van der Waals surface area contributed by atoms with Crippen molar-refractivity contribution in [3.05, 3.63) is 35.0 Å². The van der Waals surface area contributed by atoms with Crippen LogP contribution in [0.25, 0.3) is 10.8 Å². The SMILES string of the molecule is C[C@@]1(N2CCC(c3cc4cc(NC(=O)[C@@H]5CCCO5)ncc4cc3Cl)CC2)COC[C@@H]1O. The number of anilines is 1. The zero-order chi connectivity index (χ0) is 22.3. The Morgan fingerprint density at radius 1 is 1.25 bits per heavy atom. The van der Waals surface area contributed by atoms with Crippen LogP contribution in [0.5, 0.6) is 0 Å². The predicted octanol–water partition coefficient (Wildman–Crippen LogP) is 3.33. The van der Waals surface area contributed by atoms with Crippen LogP contribution < -0.4 is 5.32 Å². The standard InChI is InChI=1S/C24H30ClN3O4/c1-24(14-31-13-21(24)29)28-6-4-15(5-7-28)18-9-16-11-22(26-12-17(16)10-19(18)25)27-23(30)20-3-2-8-32-20/h9-12,15,20-21,29H,2-8,13-14H2,1H3,(H,26,27,30)/t20-,21-,24+/m0/s1. The number of pyridine rings is 1. The number of aromatic nitrogens is 1. The molecular weight excluding hydrogens is 430 g/mol. The second-order valence-electron chi connectivity index (χ2n) is 9.43. The van der Waals surface area contributed by atoms with E-state index in [4.69, 9.17) is 21.1 Å². The number of piperidine rings is 1. The Labute approximate surface area is 193 Å². The van der Waals surface area contributed by atoms with Gasteiger partial charge in [0.05, 0.1) is 24.9 Å². The van der Waals surface area contributed by atoms with E-state index in [0.717, 1.165) is 60.1 Å². The van der Waals surface area contributed by atoms with E-state index < -0.39 is 6.10 Å². The van der Waals surface area contributed by atoms with Crippen molar-refractivity contribution in [3.8, 4) is 0 Å². The lowest BCUT2D eigenvalue weighted by Gasteiger charge is -2.43. The molecule has 8 heteroatoms. The van der Waals surface area contributed by atoms with E-state index in [2.05, 4.69) is 28.2 Å². The van der Waals surface area contributed by atoms with Crippen LogP contribution in [0.1, 0.15) is 44.1 Å². The van der Waals surface area contributed by atoms with Gasteiger partial charge in [-0.3, -0.25) is 9.69 Å². The summed E-state index contributed by atoms with van der Waals surface area (Å²) >= 11 is 6.67. The Bertz CT molecular complexity index is 1000. The first-order chi connectivity index (χ1) is 15.4. The van der Waals surface area contributed by atoms with E-state index in [-0.39, 0.29) is 17.6 Å². The van der Waals surface area contributed by atoms with Gasteiger partial charge in [0.1, 0.15) is 11.9 Å². The number of carbonyl (C=O) groups is 1. The van der Waals surface area contributed by atoms with Gasteiger partial charge >= 0.3 is 0 Å². The maximum Gasteiger partial charge on any atom is 0.254 e. The summed E-state index contributed by atoms with van der Waals surface area (Å²) in [6.45, 7) is 5.50. The van der Waals surface area contributed by atoms with Crippen molar-refractivity contribution < 1.29 is 19.4 Å². The van der Waals surface area contributed by atoms with Crippen molar-refractivity contribution >= 4 is 34.1 Å². The number of aliphatic hydroxyl groups excluding tert-OH is 1. The van der Waals surface area contributed by atoms with Gasteiger partial charge in [-0.2, -0.15) is 0 Å². The van der Waals surface area contributed by atoms with E-state index >= 15 is 0 Å². The molecule has 3 aliphatic heterocycles. The first-order valence-corrected chi connectivity index (χ1v) is 11.8. The summed E-state index contributed by atoms with van der Waals surface area (Å²) in [7, 11) is 0. The molecule has 0 aliphatic carbocycles. The number of nitrogens with one attached hydrogen (secondary N) is 1. The highest BCUT2D eigenvalue weighted by Gasteiger charge is 2.45. The maximum atomic E-state index is 12.4. The van der Waals surface area contributed by atoms with Crippen LogP contribution >= 0.6 is 11.6 Å². The van der Waals surface area contributed by atoms with Crippen LogP contribution in [0.2, 0.25) is 5.02 Å². The number of likely N-dealkylation sites (tertiary alicyclic amines) is 1. The molecule has 4 heterocycles. The zero-order valence-corrected chi connectivity index (χ0v) is 19.1. The molecule has 172 valence electrons. The van der Waals surface area contributed by atoms with Crippen LogP contribution in [-0.2, 0) is 14.3 Å². The third kappa shape index (κ3) is 4.13. The molecule has 3 saturated heterocycles. The van der Waals surface area contributed by atoms with Crippen molar-refractivity contribution in [1.29, 1.82) is 0 Å². The van der Waals surface area contributed by atoms with E-state index in [1.54, 1.807) is 6.20 Å². The third-order valence-electron chi connectivity index (χ3n) is 7.36. The summed E-state index contributed by atoms with van der Waals surface area (Å²) in [4.78, 5) is 19.1. The molecule has 2 N–H and O–H groups in total. The quantitative estimate of drug-likeness (QED) is 0.729. The number of rotatable bonds is 4. The average molecular weight is 460 g/mol. The lowest BCUT2D eigenvalue weighted by atomic mass is 9.85. The van der Waals surface area contributed by atoms with Crippen molar-refractivity contribution in [2.75, 3.05) is 38.2 Å². The smallest absolute Gasteiger partial charge is 0.254 e. The predicted molar refractivity (Wildman–Crippen MR) is 123 cm³/mol. The fourth-order valence-electron chi connectivity index (χ4n) is 5.21. The molecule has 0 bridgehead atoms. The highest BCUT2D eigenvalue weighted by atomic mass is 35.5. The lowest BCUT2D eigenvalue weighted by molar-refractivity contribution is -0.124. The summed E-state index contributed by atoms with van der Waals surface area (Å²) in [6.07, 6.45) is 4.53. The highest BCUT2D eigenvalue weighted by molar-refractivity contribution is 6.32. The number of amides is 1. The molecule has 0 radical (unpaired) electrons. The summed E-state index contributed by atoms with van der Waals surface area (Å²) in [5.74, 6) is 0.746. The van der Waals surface area contributed by atoms with E-state index in [1.807, 2.05) is 12.1 Å². The number of carbonyl (C=O) groups excluding carboxylic acids is 1. The lowest BCUT2D eigenvalue weighted by Crippen LogP contribution is -2.56. The minimum atomic E-state index is -0.445. The van der Waals surface area contributed by atoms with Gasteiger partial charge in [0.25, 0.3) is 5.91 Å². The van der Waals surface area contributed by atoms with Crippen molar-refractivity contribution in [1.82, 2.24) is 9.88 Å². The molecule has 0 spiro atoms. The number of benzene rings is 1. The van der Waals surface area contributed by atoms with Crippen LogP contribution in [0.4, 0.5) is 5.82 Å². The Morgan fingerprint density at radius 3 is 2.75 bits per heavy atom. The number of hydrogen-bond acceptors (Lipinski definition) is 6.